The van der Waals surface area contributed by atoms with Crippen LogP contribution in [0.3, 0.4) is 0 Å². The van der Waals surface area contributed by atoms with Crippen LogP contribution < -0.4 is 21.2 Å². The second kappa shape index (κ2) is 8.94. The maximum atomic E-state index is 10.2. The standard InChI is InChI=1S/C26H24NOP/c1-20-16-17-25(28)24(18-20)27-19-21-10-8-9-15-26(21)29(22-11-4-2-5-12-22)23-13-6-3-7-14-23/h2-18,27-28H,19H2,1H3. The third-order valence-electron chi connectivity index (χ3n) is 4.88. The summed E-state index contributed by atoms with van der Waals surface area (Å²) in [6.45, 7) is 2.69. The van der Waals surface area contributed by atoms with Crippen LogP contribution in [0.15, 0.2) is 103 Å². The molecule has 0 aliphatic carbocycles. The summed E-state index contributed by atoms with van der Waals surface area (Å²) in [6.07, 6.45) is 0. The molecule has 0 heterocycles. The molecule has 0 amide bonds. The van der Waals surface area contributed by atoms with Crippen LogP contribution in [0.25, 0.3) is 0 Å². The summed E-state index contributed by atoms with van der Waals surface area (Å²) in [5.41, 5.74) is 3.13. The Balaban J connectivity index is 1.72. The molecule has 0 radical (unpaired) electrons. The zero-order chi connectivity index (χ0) is 20.1. The molecule has 144 valence electrons. The number of aryl methyl sites for hydroxylation is 1. The highest BCUT2D eigenvalue weighted by Crippen LogP contribution is 2.34. The minimum Gasteiger partial charge on any atom is -0.506 e. The highest BCUT2D eigenvalue weighted by molar-refractivity contribution is 7.79. The Hall–Kier alpha value is -3.09. The maximum absolute atomic E-state index is 10.2. The lowest BCUT2D eigenvalue weighted by Gasteiger charge is -2.22. The summed E-state index contributed by atoms with van der Waals surface area (Å²) in [4.78, 5) is 0. The first-order valence-corrected chi connectivity index (χ1v) is 11.1. The molecule has 4 rings (SSSR count). The van der Waals surface area contributed by atoms with Gasteiger partial charge in [0.05, 0.1) is 5.69 Å². The van der Waals surface area contributed by atoms with Crippen LogP contribution >= 0.6 is 7.92 Å². The molecule has 0 saturated carbocycles. The fraction of sp³-hybridized carbons (Fsp3) is 0.0769. The van der Waals surface area contributed by atoms with Crippen molar-refractivity contribution in [1.29, 1.82) is 0 Å². The number of benzene rings is 4. The number of aromatic hydroxyl groups is 1. The lowest BCUT2D eigenvalue weighted by atomic mass is 10.2. The molecule has 0 unspecified atom stereocenters. The van der Waals surface area contributed by atoms with Gasteiger partial charge in [-0.25, -0.2) is 0 Å². The van der Waals surface area contributed by atoms with Gasteiger partial charge in [-0.15, -0.1) is 0 Å². The van der Waals surface area contributed by atoms with E-state index < -0.39 is 7.92 Å². The third kappa shape index (κ3) is 4.50. The molecule has 4 aromatic carbocycles. The van der Waals surface area contributed by atoms with Gasteiger partial charge in [0, 0.05) is 6.54 Å². The molecule has 0 aliphatic rings. The number of hydrogen-bond acceptors (Lipinski definition) is 2. The summed E-state index contributed by atoms with van der Waals surface area (Å²) in [6, 6.07) is 35.7. The van der Waals surface area contributed by atoms with Gasteiger partial charge in [0.15, 0.2) is 0 Å². The van der Waals surface area contributed by atoms with Crippen LogP contribution in [-0.4, -0.2) is 5.11 Å². The Bertz CT molecular complexity index is 1040. The van der Waals surface area contributed by atoms with Crippen molar-refractivity contribution in [2.45, 2.75) is 13.5 Å². The number of phenolic OH excluding ortho intramolecular Hbond substituents is 1. The molecule has 0 spiro atoms. The quantitative estimate of drug-likeness (QED) is 0.352. The van der Waals surface area contributed by atoms with Crippen LogP contribution in [0.2, 0.25) is 0 Å². The molecule has 0 fully saturated rings. The zero-order valence-corrected chi connectivity index (χ0v) is 17.3. The summed E-state index contributed by atoms with van der Waals surface area (Å²) >= 11 is 0. The SMILES string of the molecule is Cc1ccc(O)c(NCc2ccccc2P(c2ccccc2)c2ccccc2)c1. The van der Waals surface area contributed by atoms with Gasteiger partial charge in [-0.2, -0.15) is 0 Å². The van der Waals surface area contributed by atoms with Crippen LogP contribution in [-0.2, 0) is 6.54 Å². The Morgan fingerprint density at radius 2 is 1.31 bits per heavy atom. The van der Waals surface area contributed by atoms with E-state index in [1.807, 2.05) is 19.1 Å². The van der Waals surface area contributed by atoms with Crippen molar-refractivity contribution in [1.82, 2.24) is 0 Å². The Morgan fingerprint density at radius 3 is 1.97 bits per heavy atom. The van der Waals surface area contributed by atoms with Gasteiger partial charge in [0.2, 0.25) is 0 Å². The fourth-order valence-electron chi connectivity index (χ4n) is 3.44. The molecule has 0 saturated heterocycles. The molecule has 0 aliphatic heterocycles. The largest absolute Gasteiger partial charge is 0.506 e. The highest BCUT2D eigenvalue weighted by Gasteiger charge is 2.19. The van der Waals surface area contributed by atoms with Gasteiger partial charge in [0.25, 0.3) is 0 Å². The van der Waals surface area contributed by atoms with Gasteiger partial charge in [-0.1, -0.05) is 91.0 Å². The number of hydrogen-bond donors (Lipinski definition) is 2. The molecule has 0 bridgehead atoms. The fourth-order valence-corrected chi connectivity index (χ4v) is 5.91. The van der Waals surface area contributed by atoms with Crippen molar-refractivity contribution < 1.29 is 5.11 Å². The van der Waals surface area contributed by atoms with E-state index in [0.29, 0.717) is 6.54 Å². The average molecular weight is 397 g/mol. The lowest BCUT2D eigenvalue weighted by Crippen LogP contribution is -2.24. The number of nitrogens with one attached hydrogen (secondary N) is 1. The molecular formula is C26H24NOP. The van der Waals surface area contributed by atoms with Gasteiger partial charge < -0.3 is 10.4 Å². The minimum atomic E-state index is -0.664. The Kier molecular flexibility index (Phi) is 5.93. The number of anilines is 1. The zero-order valence-electron chi connectivity index (χ0n) is 16.4. The second-order valence-corrected chi connectivity index (χ2v) is 9.19. The molecule has 2 nitrogen and oxygen atoms in total. The van der Waals surface area contributed by atoms with E-state index in [4.69, 9.17) is 0 Å². The average Bonchev–Trinajstić information content (AvgIpc) is 2.77. The second-order valence-electron chi connectivity index (χ2n) is 7.01. The molecular weight excluding hydrogens is 373 g/mol. The van der Waals surface area contributed by atoms with Gasteiger partial charge in [-0.3, -0.25) is 0 Å². The van der Waals surface area contributed by atoms with Crippen molar-refractivity contribution in [3.63, 3.8) is 0 Å². The van der Waals surface area contributed by atoms with E-state index in [0.717, 1.165) is 11.3 Å². The summed E-state index contributed by atoms with van der Waals surface area (Å²) in [5.74, 6) is 0.279. The first-order chi connectivity index (χ1) is 14.2. The van der Waals surface area contributed by atoms with Crippen LogP contribution in [0.1, 0.15) is 11.1 Å². The lowest BCUT2D eigenvalue weighted by molar-refractivity contribution is 0.477. The molecule has 0 atom stereocenters. The van der Waals surface area contributed by atoms with Gasteiger partial charge in [0.1, 0.15) is 5.75 Å². The van der Waals surface area contributed by atoms with Crippen LogP contribution in [0.4, 0.5) is 5.69 Å². The van der Waals surface area contributed by atoms with E-state index in [1.165, 1.54) is 21.5 Å². The van der Waals surface area contributed by atoms with E-state index in [1.54, 1.807) is 6.07 Å². The summed E-state index contributed by atoms with van der Waals surface area (Å²) < 4.78 is 0. The first-order valence-electron chi connectivity index (χ1n) is 9.74. The van der Waals surface area contributed by atoms with E-state index in [2.05, 4.69) is 90.2 Å². The Labute approximate surface area is 173 Å². The topological polar surface area (TPSA) is 32.3 Å². The van der Waals surface area contributed by atoms with Crippen molar-refractivity contribution in [3.8, 4) is 5.75 Å². The predicted octanol–water partition coefficient (Wildman–Crippen LogP) is 5.07. The first kappa shape index (κ1) is 19.2. The highest BCUT2D eigenvalue weighted by atomic mass is 31.1. The monoisotopic (exact) mass is 397 g/mol. The molecule has 3 heteroatoms. The molecule has 29 heavy (non-hydrogen) atoms. The maximum Gasteiger partial charge on any atom is 0.138 e. The van der Waals surface area contributed by atoms with Crippen molar-refractivity contribution in [2.75, 3.05) is 5.32 Å². The predicted molar refractivity (Wildman–Crippen MR) is 125 cm³/mol. The molecule has 4 aromatic rings. The minimum absolute atomic E-state index is 0.279. The number of phenols is 1. The normalized spacial score (nSPS) is 10.8. The molecule has 2 N–H and O–H groups in total. The van der Waals surface area contributed by atoms with E-state index >= 15 is 0 Å². The third-order valence-corrected chi connectivity index (χ3v) is 7.43. The Morgan fingerprint density at radius 1 is 0.724 bits per heavy atom. The van der Waals surface area contributed by atoms with Gasteiger partial charge >= 0.3 is 0 Å². The summed E-state index contributed by atoms with van der Waals surface area (Å²) in [7, 11) is -0.664. The van der Waals surface area contributed by atoms with Crippen LogP contribution in [0, 0.1) is 6.92 Å². The summed E-state index contributed by atoms with van der Waals surface area (Å²) in [5, 5.41) is 17.6. The van der Waals surface area contributed by atoms with Gasteiger partial charge in [-0.05, 0) is 54.0 Å². The van der Waals surface area contributed by atoms with Crippen molar-refractivity contribution in [3.05, 3.63) is 114 Å². The van der Waals surface area contributed by atoms with E-state index in [9.17, 15) is 5.11 Å². The van der Waals surface area contributed by atoms with E-state index in [-0.39, 0.29) is 5.75 Å². The molecule has 0 aromatic heterocycles. The van der Waals surface area contributed by atoms with Crippen LogP contribution in [0.5, 0.6) is 5.75 Å². The smallest absolute Gasteiger partial charge is 0.138 e. The van der Waals surface area contributed by atoms with Crippen molar-refractivity contribution >= 4 is 29.5 Å². The number of rotatable bonds is 6. The van der Waals surface area contributed by atoms with Crippen molar-refractivity contribution in [2.24, 2.45) is 0 Å².